The van der Waals surface area contributed by atoms with Crippen LogP contribution in [0.25, 0.3) is 0 Å². The monoisotopic (exact) mass is 381 g/mol. The number of para-hydroxylation sites is 2. The summed E-state index contributed by atoms with van der Waals surface area (Å²) in [5.74, 6) is 1.72. The van der Waals surface area contributed by atoms with Crippen molar-refractivity contribution in [3.8, 4) is 0 Å². The van der Waals surface area contributed by atoms with E-state index in [9.17, 15) is 0 Å². The molecule has 0 unspecified atom stereocenters. The Kier molecular flexibility index (Phi) is 7.15. The zero-order valence-electron chi connectivity index (χ0n) is 16.7. The standard InChI is InChI=1S/C15H14NS.2C4H9.Al/c1-2-11-16-12-7-3-5-9-14(12)17-15-10-6-4-8-13(15)16;2*1-4(2)3;/h3-10H,1-2,11H2;2*4H,1H2,2-3H3;. The minimum atomic E-state index is -0.626. The van der Waals surface area contributed by atoms with Gasteiger partial charge in [0, 0.05) is 16.3 Å². The zero-order valence-corrected chi connectivity index (χ0v) is 18.7. The van der Waals surface area contributed by atoms with Crippen LogP contribution in [0, 0.1) is 11.8 Å². The molecule has 0 saturated heterocycles. The van der Waals surface area contributed by atoms with Crippen LogP contribution in [-0.2, 0) is 0 Å². The predicted octanol–water partition coefficient (Wildman–Crippen LogP) is 7.49. The number of rotatable bonds is 8. The minimum Gasteiger partial charge on any atom is -0.340 e. The fraction of sp³-hybridized carbons (Fsp3) is 0.478. The molecule has 1 aliphatic rings. The third-order valence-electron chi connectivity index (χ3n) is 5.14. The maximum Gasteiger partial charge on any atom is 0.262 e. The maximum absolute atomic E-state index is 2.57. The van der Waals surface area contributed by atoms with Crippen molar-refractivity contribution >= 4 is 37.3 Å². The molecule has 1 aliphatic heterocycles. The number of fused-ring (bicyclic) bond motifs is 2. The number of hydrogen-bond donors (Lipinski definition) is 0. The summed E-state index contributed by atoms with van der Waals surface area (Å²) in [6, 6.07) is 17.8. The van der Waals surface area contributed by atoms with Gasteiger partial charge in [-0.1, -0.05) is 91.4 Å². The molecule has 0 spiro atoms. The molecule has 3 heteroatoms. The van der Waals surface area contributed by atoms with E-state index in [2.05, 4.69) is 81.1 Å². The van der Waals surface area contributed by atoms with E-state index >= 15 is 0 Å². The molecule has 0 atom stereocenters. The van der Waals surface area contributed by atoms with Gasteiger partial charge in [0.05, 0.1) is 11.4 Å². The van der Waals surface area contributed by atoms with Crippen molar-refractivity contribution in [2.45, 2.75) is 59.8 Å². The lowest BCUT2D eigenvalue weighted by atomic mass is 10.2. The summed E-state index contributed by atoms with van der Waals surface area (Å²) in [5.41, 5.74) is 2.78. The normalized spacial score (nSPS) is 13.1. The smallest absolute Gasteiger partial charge is 0.262 e. The van der Waals surface area contributed by atoms with E-state index in [4.69, 9.17) is 0 Å². The number of nitrogens with zero attached hydrogens (tertiary/aromatic N) is 1. The van der Waals surface area contributed by atoms with Gasteiger partial charge in [-0.3, -0.25) is 0 Å². The van der Waals surface area contributed by atoms with E-state index in [-0.39, 0.29) is 0 Å². The Labute approximate surface area is 168 Å². The number of benzene rings is 2. The topological polar surface area (TPSA) is 3.24 Å². The first-order chi connectivity index (χ1) is 12.5. The second-order valence-corrected chi connectivity index (χ2v) is 12.8. The molecular formula is C23H32AlNS. The van der Waals surface area contributed by atoms with Crippen molar-refractivity contribution in [1.29, 1.82) is 0 Å². The third-order valence-corrected chi connectivity index (χ3v) is 10.7. The zero-order chi connectivity index (χ0) is 18.5. The quantitative estimate of drug-likeness (QED) is 0.436. The molecule has 0 radical (unpaired) electrons. The van der Waals surface area contributed by atoms with Gasteiger partial charge < -0.3 is 4.90 Å². The summed E-state index contributed by atoms with van der Waals surface area (Å²) >= 11 is 1.28. The second kappa shape index (κ2) is 9.36. The first-order valence-corrected chi connectivity index (χ1v) is 13.4. The molecule has 138 valence electrons. The first kappa shape index (κ1) is 19.9. The summed E-state index contributed by atoms with van der Waals surface area (Å²) in [4.78, 5) is 5.35. The van der Waals surface area contributed by atoms with Crippen LogP contribution in [-0.4, -0.2) is 20.7 Å². The van der Waals surface area contributed by atoms with E-state index in [1.165, 1.54) is 43.4 Å². The first-order valence-electron chi connectivity index (χ1n) is 10.2. The summed E-state index contributed by atoms with van der Waals surface area (Å²) in [6.45, 7) is 10.7. The van der Waals surface area contributed by atoms with E-state index < -0.39 is 14.1 Å². The lowest BCUT2D eigenvalue weighted by Crippen LogP contribution is -2.24. The van der Waals surface area contributed by atoms with Crippen LogP contribution in [0.2, 0.25) is 15.8 Å². The summed E-state index contributed by atoms with van der Waals surface area (Å²) in [7, 11) is 0. The van der Waals surface area contributed by atoms with Crippen molar-refractivity contribution < 1.29 is 0 Å². The average Bonchev–Trinajstić information content (AvgIpc) is 2.60. The van der Waals surface area contributed by atoms with Crippen LogP contribution >= 0.6 is 11.8 Å². The third kappa shape index (κ3) is 5.10. The average molecular weight is 382 g/mol. The Hall–Kier alpha value is -0.878. The number of hydrogen-bond acceptors (Lipinski definition) is 2. The molecule has 0 amide bonds. The van der Waals surface area contributed by atoms with Gasteiger partial charge in [0.25, 0.3) is 14.1 Å². The highest BCUT2D eigenvalue weighted by Gasteiger charge is 2.24. The van der Waals surface area contributed by atoms with Crippen LogP contribution in [0.4, 0.5) is 11.4 Å². The maximum atomic E-state index is 2.57. The molecular weight excluding hydrogens is 349 g/mol. The van der Waals surface area contributed by atoms with Crippen LogP contribution in [0.15, 0.2) is 58.3 Å². The molecule has 2 aromatic rings. The van der Waals surface area contributed by atoms with Gasteiger partial charge in [-0.25, -0.2) is 0 Å². The molecule has 1 heterocycles. The van der Waals surface area contributed by atoms with Gasteiger partial charge in [-0.15, -0.1) is 0 Å². The highest BCUT2D eigenvalue weighted by Crippen LogP contribution is 2.47. The Bertz CT molecular complexity index is 657. The molecule has 1 nitrogen and oxygen atoms in total. The molecule has 0 aliphatic carbocycles. The molecule has 3 rings (SSSR count). The Morgan fingerprint density at radius 3 is 1.81 bits per heavy atom. The van der Waals surface area contributed by atoms with Crippen LogP contribution in [0.5, 0.6) is 0 Å². The van der Waals surface area contributed by atoms with Crippen molar-refractivity contribution in [3.05, 3.63) is 48.5 Å². The van der Waals surface area contributed by atoms with Crippen LogP contribution in [0.1, 0.15) is 34.1 Å². The Morgan fingerprint density at radius 1 is 0.808 bits per heavy atom. The lowest BCUT2D eigenvalue weighted by Gasteiger charge is -2.33. The fourth-order valence-electron chi connectivity index (χ4n) is 4.23. The lowest BCUT2D eigenvalue weighted by molar-refractivity contribution is 0.683. The minimum absolute atomic E-state index is 0.626. The Balaban J connectivity index is 1.71. The molecule has 2 aromatic carbocycles. The summed E-state index contributed by atoms with van der Waals surface area (Å²) in [6.07, 6.45) is 1.32. The van der Waals surface area contributed by atoms with Gasteiger partial charge in [0.1, 0.15) is 0 Å². The molecule has 0 fully saturated rings. The molecule has 26 heavy (non-hydrogen) atoms. The number of anilines is 2. The molecule has 0 bridgehead atoms. The van der Waals surface area contributed by atoms with Gasteiger partial charge in [-0.2, -0.15) is 0 Å². The van der Waals surface area contributed by atoms with E-state index in [0.717, 1.165) is 18.4 Å². The van der Waals surface area contributed by atoms with Crippen molar-refractivity contribution in [1.82, 2.24) is 0 Å². The fourth-order valence-corrected chi connectivity index (χ4v) is 9.41. The van der Waals surface area contributed by atoms with Gasteiger partial charge in [-0.05, 0) is 30.7 Å². The van der Waals surface area contributed by atoms with Gasteiger partial charge in [0.15, 0.2) is 0 Å². The van der Waals surface area contributed by atoms with E-state index in [1.807, 2.05) is 11.8 Å². The molecule has 0 aromatic heterocycles. The van der Waals surface area contributed by atoms with E-state index in [1.54, 1.807) is 0 Å². The second-order valence-electron chi connectivity index (χ2n) is 8.46. The highest BCUT2D eigenvalue weighted by molar-refractivity contribution is 7.99. The predicted molar refractivity (Wildman–Crippen MR) is 118 cm³/mol. The van der Waals surface area contributed by atoms with Crippen molar-refractivity contribution in [2.75, 3.05) is 11.4 Å². The van der Waals surface area contributed by atoms with Crippen molar-refractivity contribution in [2.24, 2.45) is 11.8 Å². The largest absolute Gasteiger partial charge is 0.340 e. The van der Waals surface area contributed by atoms with Gasteiger partial charge >= 0.3 is 0 Å². The van der Waals surface area contributed by atoms with E-state index in [0.29, 0.717) is 0 Å². The SMILES string of the molecule is CC(C)[CH2][Al]([CH2]CCN1c2ccccc2Sc2ccccc21)[CH2]C(C)C. The highest BCUT2D eigenvalue weighted by atomic mass is 32.2. The summed E-state index contributed by atoms with van der Waals surface area (Å²) < 4.78 is 0. The van der Waals surface area contributed by atoms with Crippen LogP contribution in [0.3, 0.4) is 0 Å². The van der Waals surface area contributed by atoms with Gasteiger partial charge in [0.2, 0.25) is 0 Å². The van der Waals surface area contributed by atoms with Crippen molar-refractivity contribution in [3.63, 3.8) is 0 Å². The molecule has 0 N–H and O–H groups in total. The summed E-state index contributed by atoms with van der Waals surface area (Å²) in [5, 5.41) is 4.48. The Morgan fingerprint density at radius 2 is 1.31 bits per heavy atom. The van der Waals surface area contributed by atoms with Crippen LogP contribution < -0.4 is 4.90 Å². The molecule has 0 saturated carbocycles.